The lowest BCUT2D eigenvalue weighted by Gasteiger charge is -2.08. The molecule has 0 saturated carbocycles. The highest BCUT2D eigenvalue weighted by Crippen LogP contribution is 2.22. The zero-order valence-electron chi connectivity index (χ0n) is 9.63. The Balaban J connectivity index is 2.39. The molecule has 1 heterocycles. The van der Waals surface area contributed by atoms with E-state index in [1.165, 1.54) is 16.8 Å². The Morgan fingerprint density at radius 2 is 1.85 bits per heavy atom. The van der Waals surface area contributed by atoms with Crippen LogP contribution in [-0.4, -0.2) is 19.5 Å². The number of anilines is 1. The van der Waals surface area contributed by atoms with E-state index >= 15 is 0 Å². The molecule has 2 N–H and O–H groups in total. The summed E-state index contributed by atoms with van der Waals surface area (Å²) in [5.41, 5.74) is -1.53. The number of sulfonamides is 1. The van der Waals surface area contributed by atoms with Crippen LogP contribution in [0, 0.1) is 11.6 Å². The first-order chi connectivity index (χ1) is 9.31. The molecule has 1 aromatic carbocycles. The van der Waals surface area contributed by atoms with Crippen molar-refractivity contribution in [3.63, 3.8) is 0 Å². The van der Waals surface area contributed by atoms with Crippen molar-refractivity contribution in [2.24, 2.45) is 0 Å². The lowest BCUT2D eigenvalue weighted by Crippen LogP contribution is -2.13. The summed E-state index contributed by atoms with van der Waals surface area (Å²) in [6.45, 7) is 0. The van der Waals surface area contributed by atoms with Gasteiger partial charge in [-0.1, -0.05) is 0 Å². The summed E-state index contributed by atoms with van der Waals surface area (Å²) in [4.78, 5) is 10.6. The molecule has 2 rings (SSSR count). The Bertz CT molecular complexity index is 734. The number of carboxylic acid groups (broad SMARTS) is 1. The molecular weight excluding hydrogens is 312 g/mol. The second kappa shape index (κ2) is 5.17. The van der Waals surface area contributed by atoms with Crippen molar-refractivity contribution in [3.8, 4) is 0 Å². The molecule has 9 heteroatoms. The van der Waals surface area contributed by atoms with Crippen molar-refractivity contribution < 1.29 is 27.1 Å². The van der Waals surface area contributed by atoms with Crippen LogP contribution in [0.2, 0.25) is 0 Å². The van der Waals surface area contributed by atoms with Crippen LogP contribution in [0.3, 0.4) is 0 Å². The average molecular weight is 319 g/mol. The van der Waals surface area contributed by atoms with E-state index in [1.54, 1.807) is 0 Å². The number of rotatable bonds is 4. The van der Waals surface area contributed by atoms with Gasteiger partial charge in [-0.3, -0.25) is 4.72 Å². The van der Waals surface area contributed by atoms with Gasteiger partial charge in [-0.25, -0.2) is 22.0 Å². The van der Waals surface area contributed by atoms with Gasteiger partial charge in [0.05, 0.1) is 10.6 Å². The van der Waals surface area contributed by atoms with E-state index in [4.69, 9.17) is 5.11 Å². The first kappa shape index (κ1) is 14.4. The fraction of sp³-hybridized carbons (Fsp3) is 0. The smallest absolute Gasteiger partial charge is 0.341 e. The van der Waals surface area contributed by atoms with E-state index in [-0.39, 0.29) is 4.90 Å². The first-order valence-electron chi connectivity index (χ1n) is 5.08. The van der Waals surface area contributed by atoms with Crippen molar-refractivity contribution in [1.29, 1.82) is 0 Å². The van der Waals surface area contributed by atoms with E-state index in [9.17, 15) is 22.0 Å². The van der Waals surface area contributed by atoms with Gasteiger partial charge in [0.25, 0.3) is 10.0 Å². The zero-order valence-corrected chi connectivity index (χ0v) is 11.3. The average Bonchev–Trinajstić information content (AvgIpc) is 2.79. The number of benzene rings is 1. The molecule has 0 spiro atoms. The van der Waals surface area contributed by atoms with Crippen LogP contribution in [0.1, 0.15) is 10.4 Å². The Kier molecular flexibility index (Phi) is 3.73. The van der Waals surface area contributed by atoms with Gasteiger partial charge in [0, 0.05) is 5.38 Å². The van der Waals surface area contributed by atoms with Gasteiger partial charge >= 0.3 is 5.97 Å². The van der Waals surface area contributed by atoms with Gasteiger partial charge in [0.2, 0.25) is 0 Å². The minimum Gasteiger partial charge on any atom is -0.477 e. The maximum atomic E-state index is 13.4. The number of carbonyl (C=O) groups is 1. The Labute approximate surface area is 116 Å². The van der Waals surface area contributed by atoms with Crippen LogP contribution < -0.4 is 4.72 Å². The van der Waals surface area contributed by atoms with Crippen LogP contribution >= 0.6 is 11.3 Å². The van der Waals surface area contributed by atoms with Crippen molar-refractivity contribution in [1.82, 2.24) is 0 Å². The monoisotopic (exact) mass is 319 g/mol. The highest BCUT2D eigenvalue weighted by atomic mass is 32.2. The topological polar surface area (TPSA) is 83.5 Å². The summed E-state index contributed by atoms with van der Waals surface area (Å²) in [6, 6.07) is 2.54. The number of hydrogen-bond acceptors (Lipinski definition) is 4. The lowest BCUT2D eigenvalue weighted by atomic mass is 10.2. The second-order valence-corrected chi connectivity index (χ2v) is 6.15. The number of carboxylic acids is 1. The molecule has 0 saturated heterocycles. The summed E-state index contributed by atoms with van der Waals surface area (Å²) in [5, 5.41) is 11.5. The van der Waals surface area contributed by atoms with Crippen molar-refractivity contribution >= 4 is 33.0 Å². The normalized spacial score (nSPS) is 11.3. The molecule has 0 aliphatic rings. The molecule has 0 aliphatic carbocycles. The molecular formula is C11H7F2NO4S2. The minimum atomic E-state index is -3.96. The van der Waals surface area contributed by atoms with Crippen LogP contribution in [0.15, 0.2) is 33.9 Å². The number of thiophene rings is 1. The van der Waals surface area contributed by atoms with E-state index < -0.39 is 38.9 Å². The Morgan fingerprint density at radius 3 is 2.30 bits per heavy atom. The maximum absolute atomic E-state index is 13.4. The minimum absolute atomic E-state index is 0.0503. The summed E-state index contributed by atoms with van der Waals surface area (Å²) in [5.74, 6) is -4.49. The Hall–Kier alpha value is -2.00. The lowest BCUT2D eigenvalue weighted by molar-refractivity contribution is 0.0686. The van der Waals surface area contributed by atoms with Gasteiger partial charge in [-0.15, -0.1) is 0 Å². The number of hydrogen-bond donors (Lipinski definition) is 2. The molecule has 20 heavy (non-hydrogen) atoms. The highest BCUT2D eigenvalue weighted by Gasteiger charge is 2.20. The zero-order chi connectivity index (χ0) is 14.9. The number of halogens is 2. The van der Waals surface area contributed by atoms with Gasteiger partial charge in [0.15, 0.2) is 0 Å². The molecule has 0 bridgehead atoms. The molecule has 5 nitrogen and oxygen atoms in total. The van der Waals surface area contributed by atoms with Crippen LogP contribution in [0.5, 0.6) is 0 Å². The third-order valence-corrected chi connectivity index (χ3v) is 4.52. The molecule has 106 valence electrons. The van der Waals surface area contributed by atoms with Crippen LogP contribution in [0.25, 0.3) is 0 Å². The fourth-order valence-corrected chi connectivity index (χ4v) is 3.52. The molecule has 0 atom stereocenters. The SMILES string of the molecule is O=C(O)c1c(F)cc(NS(=O)(=O)c2ccsc2)cc1F. The van der Waals surface area contributed by atoms with Crippen LogP contribution in [0.4, 0.5) is 14.5 Å². The predicted molar refractivity (Wildman–Crippen MR) is 68.4 cm³/mol. The maximum Gasteiger partial charge on any atom is 0.341 e. The van der Waals surface area contributed by atoms with Crippen LogP contribution in [-0.2, 0) is 10.0 Å². The third-order valence-electron chi connectivity index (χ3n) is 2.31. The predicted octanol–water partition coefficient (Wildman–Crippen LogP) is 2.53. The quantitative estimate of drug-likeness (QED) is 0.907. The van der Waals surface area contributed by atoms with Crippen molar-refractivity contribution in [3.05, 3.63) is 46.2 Å². The molecule has 0 unspecified atom stereocenters. The van der Waals surface area contributed by atoms with Gasteiger partial charge < -0.3 is 5.11 Å². The second-order valence-electron chi connectivity index (χ2n) is 3.68. The van der Waals surface area contributed by atoms with Gasteiger partial charge in [-0.05, 0) is 23.6 Å². The van der Waals surface area contributed by atoms with E-state index in [0.29, 0.717) is 12.1 Å². The molecule has 0 amide bonds. The number of aromatic carboxylic acids is 1. The summed E-state index contributed by atoms with van der Waals surface area (Å²) >= 11 is 1.14. The molecule has 2 aromatic rings. The van der Waals surface area contributed by atoms with Gasteiger partial charge in [0.1, 0.15) is 17.2 Å². The number of nitrogens with one attached hydrogen (secondary N) is 1. The van der Waals surface area contributed by atoms with Crippen molar-refractivity contribution in [2.75, 3.05) is 4.72 Å². The third kappa shape index (κ3) is 2.78. The highest BCUT2D eigenvalue weighted by molar-refractivity contribution is 7.92. The summed E-state index contributed by atoms with van der Waals surface area (Å²) in [6.07, 6.45) is 0. The largest absolute Gasteiger partial charge is 0.477 e. The first-order valence-corrected chi connectivity index (χ1v) is 7.51. The summed E-state index contributed by atoms with van der Waals surface area (Å²) in [7, 11) is -3.96. The van der Waals surface area contributed by atoms with E-state index in [1.807, 2.05) is 4.72 Å². The molecule has 0 fully saturated rings. The van der Waals surface area contributed by atoms with Gasteiger partial charge in [-0.2, -0.15) is 11.3 Å². The van der Waals surface area contributed by atoms with Crippen molar-refractivity contribution in [2.45, 2.75) is 4.90 Å². The molecule has 0 radical (unpaired) electrons. The van der Waals surface area contributed by atoms with E-state index in [2.05, 4.69) is 0 Å². The standard InChI is InChI=1S/C11H7F2NO4S2/c12-8-3-6(4-9(13)10(8)11(15)16)14-20(17,18)7-1-2-19-5-7/h1-5,14H,(H,15,16). The Morgan fingerprint density at radius 1 is 1.25 bits per heavy atom. The molecule has 1 aromatic heterocycles. The summed E-state index contributed by atoms with van der Waals surface area (Å²) < 4.78 is 52.5. The fourth-order valence-electron chi connectivity index (χ4n) is 1.46. The molecule has 0 aliphatic heterocycles. The van der Waals surface area contributed by atoms with E-state index in [0.717, 1.165) is 11.3 Å².